The normalized spacial score (nSPS) is 15.7. The number of fused-ring (bicyclic) bond motifs is 1. The van der Waals surface area contributed by atoms with Crippen LogP contribution in [0.1, 0.15) is 46.9 Å². The molecule has 1 aromatic carbocycles. The summed E-state index contributed by atoms with van der Waals surface area (Å²) in [6, 6.07) is 8.83. The van der Waals surface area contributed by atoms with E-state index in [1.54, 1.807) is 6.92 Å². The molecule has 3 aromatic rings. The topological polar surface area (TPSA) is 104 Å². The fraction of sp³-hybridized carbons (Fsp3) is 0.360. The molecule has 0 unspecified atom stereocenters. The van der Waals surface area contributed by atoms with E-state index in [2.05, 4.69) is 42.3 Å². The van der Waals surface area contributed by atoms with Crippen molar-refractivity contribution in [1.82, 2.24) is 25.6 Å². The van der Waals surface area contributed by atoms with Crippen LogP contribution in [0.15, 0.2) is 36.5 Å². The minimum Gasteiger partial charge on any atom is -0.352 e. The lowest BCUT2D eigenvalue weighted by Crippen LogP contribution is -2.24. The monoisotopic (exact) mass is 479 g/mol. The first-order valence-electron chi connectivity index (χ1n) is 11.8. The fourth-order valence-electron chi connectivity index (χ4n) is 4.19. The van der Waals surface area contributed by atoms with Crippen molar-refractivity contribution < 1.29 is 13.6 Å². The number of halogens is 2. The molecule has 2 aliphatic rings. The molecule has 1 amide bonds. The number of nitrogens with zero attached hydrogens (tertiary/aromatic N) is 3. The molecule has 0 radical (unpaired) electrons. The molecule has 10 heteroatoms. The molecule has 35 heavy (non-hydrogen) atoms. The number of hydrogen-bond donors (Lipinski definition) is 4. The van der Waals surface area contributed by atoms with Gasteiger partial charge in [0.1, 0.15) is 18.1 Å². The summed E-state index contributed by atoms with van der Waals surface area (Å²) >= 11 is 0. The summed E-state index contributed by atoms with van der Waals surface area (Å²) in [4.78, 5) is 25.7. The van der Waals surface area contributed by atoms with Gasteiger partial charge in [-0.25, -0.2) is 14.4 Å². The first-order valence-corrected chi connectivity index (χ1v) is 11.8. The molecule has 182 valence electrons. The van der Waals surface area contributed by atoms with Crippen LogP contribution in [0.2, 0.25) is 0 Å². The number of rotatable bonds is 8. The minimum absolute atomic E-state index is 0.0988. The largest absolute Gasteiger partial charge is 0.352 e. The Balaban J connectivity index is 1.46. The molecule has 0 atom stereocenters. The van der Waals surface area contributed by atoms with Gasteiger partial charge in [0.25, 0.3) is 5.91 Å². The number of benzene rings is 1. The maximum absolute atomic E-state index is 14.7. The molecule has 3 heterocycles. The van der Waals surface area contributed by atoms with E-state index in [0.29, 0.717) is 25.1 Å². The second kappa shape index (κ2) is 9.53. The standard InChI is InChI=1S/C25H27F2N7O/c1-2-29-23(35)18-13-30-24(31-17-4-3-15-7-10-28-12-16(15)11-17)34-21(18)33-22-19(27)5-6-20(32-22)25(14-26)8-9-25/h3-6,11,13,28H,2,7-10,12,14H2,1H3,(H,29,35)(H2,30,31,32,33,34). The average molecular weight is 480 g/mol. The van der Waals surface area contributed by atoms with Crippen LogP contribution in [0.4, 0.5) is 32.1 Å². The summed E-state index contributed by atoms with van der Waals surface area (Å²) < 4.78 is 28.2. The molecule has 1 fully saturated rings. The van der Waals surface area contributed by atoms with Gasteiger partial charge in [-0.1, -0.05) is 6.07 Å². The Morgan fingerprint density at radius 1 is 1.11 bits per heavy atom. The van der Waals surface area contributed by atoms with Gasteiger partial charge in [-0.2, -0.15) is 4.98 Å². The van der Waals surface area contributed by atoms with Crippen molar-refractivity contribution in [1.29, 1.82) is 0 Å². The van der Waals surface area contributed by atoms with Crippen LogP contribution in [0, 0.1) is 5.82 Å². The molecule has 4 N–H and O–H groups in total. The maximum Gasteiger partial charge on any atom is 0.256 e. The number of aromatic nitrogens is 3. The molecule has 2 aromatic heterocycles. The first kappa shape index (κ1) is 23.1. The van der Waals surface area contributed by atoms with E-state index in [9.17, 15) is 13.6 Å². The molecule has 1 saturated carbocycles. The van der Waals surface area contributed by atoms with E-state index < -0.39 is 23.8 Å². The molecule has 0 spiro atoms. The number of alkyl halides is 1. The maximum atomic E-state index is 14.7. The average Bonchev–Trinajstić information content (AvgIpc) is 3.67. The molecule has 5 rings (SSSR count). The Morgan fingerprint density at radius 2 is 1.97 bits per heavy atom. The van der Waals surface area contributed by atoms with Crippen LogP contribution in [0.25, 0.3) is 0 Å². The van der Waals surface area contributed by atoms with Crippen LogP contribution >= 0.6 is 0 Å². The highest BCUT2D eigenvalue weighted by molar-refractivity contribution is 5.99. The van der Waals surface area contributed by atoms with Crippen LogP contribution < -0.4 is 21.3 Å². The minimum atomic E-state index is -0.647. The van der Waals surface area contributed by atoms with Gasteiger partial charge in [-0.15, -0.1) is 0 Å². The molecule has 0 bridgehead atoms. The van der Waals surface area contributed by atoms with Crippen molar-refractivity contribution in [3.05, 3.63) is 64.7 Å². The van der Waals surface area contributed by atoms with Gasteiger partial charge < -0.3 is 21.3 Å². The Morgan fingerprint density at radius 3 is 2.74 bits per heavy atom. The highest BCUT2D eigenvalue weighted by atomic mass is 19.1. The zero-order valence-electron chi connectivity index (χ0n) is 19.4. The fourth-order valence-corrected chi connectivity index (χ4v) is 4.19. The molecular weight excluding hydrogens is 452 g/mol. The van der Waals surface area contributed by atoms with Gasteiger partial charge in [0, 0.05) is 30.4 Å². The van der Waals surface area contributed by atoms with Crippen LogP contribution in [-0.2, 0) is 18.4 Å². The number of anilines is 4. The number of carbonyl (C=O) groups is 1. The number of hydrogen-bond acceptors (Lipinski definition) is 7. The Labute approximate surface area is 202 Å². The second-order valence-corrected chi connectivity index (χ2v) is 8.92. The van der Waals surface area contributed by atoms with Gasteiger partial charge in [-0.05, 0) is 68.1 Å². The van der Waals surface area contributed by atoms with Crippen molar-refractivity contribution in [3.8, 4) is 0 Å². The zero-order valence-corrected chi connectivity index (χ0v) is 19.4. The molecule has 0 saturated heterocycles. The lowest BCUT2D eigenvalue weighted by Gasteiger charge is -2.18. The van der Waals surface area contributed by atoms with Gasteiger partial charge in [0.05, 0.1) is 5.69 Å². The van der Waals surface area contributed by atoms with Crippen LogP contribution in [0.3, 0.4) is 0 Å². The predicted octanol–water partition coefficient (Wildman–Crippen LogP) is 3.89. The Bertz CT molecular complexity index is 1260. The lowest BCUT2D eigenvalue weighted by molar-refractivity contribution is 0.0956. The SMILES string of the molecule is CCNC(=O)c1cnc(Nc2ccc3c(c2)CNCC3)nc1Nc1nc(C2(CF)CC2)ccc1F. The second-order valence-electron chi connectivity index (χ2n) is 8.92. The van der Waals surface area contributed by atoms with Crippen LogP contribution in [0.5, 0.6) is 0 Å². The van der Waals surface area contributed by atoms with Crippen molar-refractivity contribution in [2.24, 2.45) is 0 Å². The highest BCUT2D eigenvalue weighted by Gasteiger charge is 2.46. The third-order valence-corrected chi connectivity index (χ3v) is 6.46. The predicted molar refractivity (Wildman–Crippen MR) is 130 cm³/mol. The van der Waals surface area contributed by atoms with Crippen molar-refractivity contribution in [2.45, 2.75) is 38.1 Å². The first-order chi connectivity index (χ1) is 17.0. The summed E-state index contributed by atoms with van der Waals surface area (Å²) in [6.45, 7) is 3.40. The van der Waals surface area contributed by atoms with E-state index in [4.69, 9.17) is 0 Å². The Hall–Kier alpha value is -3.66. The zero-order chi connectivity index (χ0) is 24.4. The number of nitrogens with one attached hydrogen (secondary N) is 4. The van der Waals surface area contributed by atoms with Gasteiger partial charge in [-0.3, -0.25) is 9.18 Å². The number of pyridine rings is 1. The Kier molecular flexibility index (Phi) is 6.29. The molecule has 1 aliphatic carbocycles. The third kappa shape index (κ3) is 4.79. The third-order valence-electron chi connectivity index (χ3n) is 6.46. The van der Waals surface area contributed by atoms with E-state index in [1.165, 1.54) is 29.5 Å². The summed E-state index contributed by atoms with van der Waals surface area (Å²) in [5.74, 6) is -0.803. The van der Waals surface area contributed by atoms with Gasteiger partial charge >= 0.3 is 0 Å². The molecule has 8 nitrogen and oxygen atoms in total. The number of carbonyl (C=O) groups excluding carboxylic acids is 1. The van der Waals surface area contributed by atoms with Crippen molar-refractivity contribution >= 4 is 29.2 Å². The van der Waals surface area contributed by atoms with Gasteiger partial charge in [0.2, 0.25) is 5.95 Å². The molecule has 1 aliphatic heterocycles. The van der Waals surface area contributed by atoms with E-state index in [-0.39, 0.29) is 23.1 Å². The van der Waals surface area contributed by atoms with E-state index in [1.807, 2.05) is 12.1 Å². The van der Waals surface area contributed by atoms with Gasteiger partial charge in [0.15, 0.2) is 11.6 Å². The van der Waals surface area contributed by atoms with Crippen molar-refractivity contribution in [3.63, 3.8) is 0 Å². The summed E-state index contributed by atoms with van der Waals surface area (Å²) in [5, 5.41) is 12.1. The summed E-state index contributed by atoms with van der Waals surface area (Å²) in [5.41, 5.74) is 3.28. The lowest BCUT2D eigenvalue weighted by atomic mass is 10.0. The number of amides is 1. The quantitative estimate of drug-likeness (QED) is 0.389. The molecular formula is C25H27F2N7O. The van der Waals surface area contributed by atoms with E-state index in [0.717, 1.165) is 25.2 Å². The summed E-state index contributed by atoms with van der Waals surface area (Å²) in [6.07, 6.45) is 3.70. The van der Waals surface area contributed by atoms with E-state index >= 15 is 0 Å². The summed E-state index contributed by atoms with van der Waals surface area (Å²) in [7, 11) is 0. The highest BCUT2D eigenvalue weighted by Crippen LogP contribution is 2.48. The van der Waals surface area contributed by atoms with Crippen LogP contribution in [-0.4, -0.2) is 40.6 Å². The smallest absolute Gasteiger partial charge is 0.256 e. The van der Waals surface area contributed by atoms with Crippen molar-refractivity contribution in [2.75, 3.05) is 30.4 Å².